The summed E-state index contributed by atoms with van der Waals surface area (Å²) in [7, 11) is 0. The highest BCUT2D eigenvalue weighted by atomic mass is 35.5. The molecule has 1 aromatic carbocycles. The molecule has 0 aliphatic carbocycles. The summed E-state index contributed by atoms with van der Waals surface area (Å²) in [5.74, 6) is 0.512. The summed E-state index contributed by atoms with van der Waals surface area (Å²) in [5, 5.41) is 9.53. The summed E-state index contributed by atoms with van der Waals surface area (Å²) in [4.78, 5) is 1.84. The Kier molecular flexibility index (Phi) is 4.96. The fourth-order valence-electron chi connectivity index (χ4n) is 1.84. The fourth-order valence-corrected chi connectivity index (χ4v) is 2.40. The van der Waals surface area contributed by atoms with Crippen LogP contribution in [0.5, 0.6) is 5.75 Å². The molecule has 0 saturated carbocycles. The molecule has 2 atom stereocenters. The molecule has 7 heteroatoms. The standard InChI is InChI=1S/C13H13Cl2N3OS/c1-3-6-18-12(16-17-13(18)20)8(2)19-11-7-9(14)4-5-10(11)15/h3-5,7-8,12H,1,6H2,2H3. The van der Waals surface area contributed by atoms with Gasteiger partial charge in [-0.1, -0.05) is 29.3 Å². The minimum absolute atomic E-state index is 0.282. The van der Waals surface area contributed by atoms with E-state index in [0.717, 1.165) is 0 Å². The Bertz CT molecular complexity index is 565. The van der Waals surface area contributed by atoms with Gasteiger partial charge in [0.05, 0.1) is 5.02 Å². The van der Waals surface area contributed by atoms with Crippen molar-refractivity contribution in [3.63, 3.8) is 0 Å². The summed E-state index contributed by atoms with van der Waals surface area (Å²) in [6, 6.07) is 5.06. The number of azo groups is 1. The smallest absolute Gasteiger partial charge is 0.218 e. The molecule has 1 heterocycles. The Labute approximate surface area is 133 Å². The normalized spacial score (nSPS) is 19.2. The van der Waals surface area contributed by atoms with E-state index in [2.05, 4.69) is 16.8 Å². The minimum Gasteiger partial charge on any atom is -0.485 e. The van der Waals surface area contributed by atoms with Gasteiger partial charge in [0.15, 0.2) is 6.17 Å². The molecule has 20 heavy (non-hydrogen) atoms. The second-order valence-corrected chi connectivity index (χ2v) is 5.46. The highest BCUT2D eigenvalue weighted by Crippen LogP contribution is 2.30. The van der Waals surface area contributed by atoms with Crippen LogP contribution in [0.15, 0.2) is 41.1 Å². The number of thiocarbonyl (C=S) groups is 1. The molecule has 1 aliphatic rings. The van der Waals surface area contributed by atoms with Crippen molar-refractivity contribution in [3.05, 3.63) is 40.9 Å². The van der Waals surface area contributed by atoms with Gasteiger partial charge in [-0.3, -0.25) is 0 Å². The number of hydrogen-bond acceptors (Lipinski definition) is 3. The largest absolute Gasteiger partial charge is 0.485 e. The van der Waals surface area contributed by atoms with E-state index in [4.69, 9.17) is 40.2 Å². The Balaban J connectivity index is 2.13. The van der Waals surface area contributed by atoms with Crippen molar-refractivity contribution >= 4 is 40.5 Å². The van der Waals surface area contributed by atoms with Gasteiger partial charge in [0.2, 0.25) is 5.11 Å². The van der Waals surface area contributed by atoms with Gasteiger partial charge in [0.1, 0.15) is 11.9 Å². The van der Waals surface area contributed by atoms with E-state index in [1.807, 2.05) is 11.8 Å². The summed E-state index contributed by atoms with van der Waals surface area (Å²) in [6.07, 6.45) is 1.17. The molecule has 0 radical (unpaired) electrons. The first-order valence-electron chi connectivity index (χ1n) is 5.97. The zero-order valence-electron chi connectivity index (χ0n) is 10.8. The van der Waals surface area contributed by atoms with E-state index >= 15 is 0 Å². The Hall–Kier alpha value is -1.17. The first kappa shape index (κ1) is 15.2. The van der Waals surface area contributed by atoms with Crippen molar-refractivity contribution in [2.24, 2.45) is 10.2 Å². The van der Waals surface area contributed by atoms with Gasteiger partial charge >= 0.3 is 0 Å². The van der Waals surface area contributed by atoms with E-state index in [1.165, 1.54) is 0 Å². The molecule has 0 fully saturated rings. The van der Waals surface area contributed by atoms with Gasteiger partial charge in [-0.25, -0.2) is 0 Å². The molecular formula is C13H13Cl2N3OS. The number of hydrogen-bond donors (Lipinski definition) is 0. The van der Waals surface area contributed by atoms with Gasteiger partial charge in [-0.15, -0.1) is 11.7 Å². The maximum absolute atomic E-state index is 6.08. The predicted molar refractivity (Wildman–Crippen MR) is 84.7 cm³/mol. The van der Waals surface area contributed by atoms with Crippen molar-refractivity contribution < 1.29 is 4.74 Å². The summed E-state index contributed by atoms with van der Waals surface area (Å²) >= 11 is 17.1. The molecule has 0 amide bonds. The number of benzene rings is 1. The number of nitrogens with zero attached hydrogens (tertiary/aromatic N) is 3. The molecule has 0 N–H and O–H groups in total. The highest BCUT2D eigenvalue weighted by Gasteiger charge is 2.32. The number of ether oxygens (including phenoxy) is 1. The van der Waals surface area contributed by atoms with Crippen molar-refractivity contribution in [3.8, 4) is 5.75 Å². The molecule has 1 aliphatic heterocycles. The highest BCUT2D eigenvalue weighted by molar-refractivity contribution is 7.80. The quantitative estimate of drug-likeness (QED) is 0.596. The summed E-state index contributed by atoms with van der Waals surface area (Å²) in [6.45, 7) is 6.14. The lowest BCUT2D eigenvalue weighted by atomic mass is 10.2. The van der Waals surface area contributed by atoms with Crippen LogP contribution in [-0.4, -0.2) is 28.8 Å². The third-order valence-corrected chi connectivity index (χ3v) is 3.64. The van der Waals surface area contributed by atoms with E-state index < -0.39 is 0 Å². The van der Waals surface area contributed by atoms with Gasteiger partial charge in [-0.05, 0) is 31.3 Å². The molecule has 0 spiro atoms. The minimum atomic E-state index is -0.296. The first-order valence-corrected chi connectivity index (χ1v) is 7.13. The second kappa shape index (κ2) is 6.52. The van der Waals surface area contributed by atoms with Crippen LogP contribution in [0.25, 0.3) is 0 Å². The van der Waals surface area contributed by atoms with E-state index in [1.54, 1.807) is 24.3 Å². The molecule has 1 aromatic rings. The summed E-state index contributed by atoms with van der Waals surface area (Å²) < 4.78 is 5.83. The topological polar surface area (TPSA) is 37.2 Å². The van der Waals surface area contributed by atoms with Crippen molar-refractivity contribution in [2.45, 2.75) is 19.2 Å². The van der Waals surface area contributed by atoms with Crippen LogP contribution in [-0.2, 0) is 0 Å². The van der Waals surface area contributed by atoms with Crippen LogP contribution >= 0.6 is 35.4 Å². The Morgan fingerprint density at radius 2 is 2.30 bits per heavy atom. The van der Waals surface area contributed by atoms with E-state index in [9.17, 15) is 0 Å². The third kappa shape index (κ3) is 3.29. The molecule has 0 saturated heterocycles. The lowest BCUT2D eigenvalue weighted by molar-refractivity contribution is 0.136. The van der Waals surface area contributed by atoms with Gasteiger partial charge in [0.25, 0.3) is 0 Å². The lowest BCUT2D eigenvalue weighted by Gasteiger charge is -2.27. The zero-order chi connectivity index (χ0) is 14.7. The molecule has 4 nitrogen and oxygen atoms in total. The molecule has 0 aromatic heterocycles. The van der Waals surface area contributed by atoms with Crippen LogP contribution in [0.3, 0.4) is 0 Å². The van der Waals surface area contributed by atoms with Gasteiger partial charge in [-0.2, -0.15) is 5.11 Å². The number of rotatable bonds is 5. The Morgan fingerprint density at radius 1 is 1.55 bits per heavy atom. The molecular weight excluding hydrogens is 317 g/mol. The molecule has 0 bridgehead atoms. The fraction of sp³-hybridized carbons (Fsp3) is 0.308. The predicted octanol–water partition coefficient (Wildman–Crippen LogP) is 4.33. The van der Waals surface area contributed by atoms with Gasteiger partial charge < -0.3 is 9.64 Å². The zero-order valence-corrected chi connectivity index (χ0v) is 13.1. The van der Waals surface area contributed by atoms with E-state index in [-0.39, 0.29) is 12.3 Å². The first-order chi connectivity index (χ1) is 9.52. The molecule has 106 valence electrons. The summed E-state index contributed by atoms with van der Waals surface area (Å²) in [5.41, 5.74) is 0. The van der Waals surface area contributed by atoms with Crippen LogP contribution in [0.4, 0.5) is 0 Å². The van der Waals surface area contributed by atoms with Crippen LogP contribution in [0.1, 0.15) is 6.92 Å². The van der Waals surface area contributed by atoms with E-state index in [0.29, 0.717) is 27.5 Å². The maximum atomic E-state index is 6.08. The Morgan fingerprint density at radius 3 is 3.00 bits per heavy atom. The van der Waals surface area contributed by atoms with Crippen LogP contribution < -0.4 is 4.74 Å². The van der Waals surface area contributed by atoms with Crippen molar-refractivity contribution in [1.82, 2.24) is 4.90 Å². The van der Waals surface area contributed by atoms with Crippen LogP contribution in [0, 0.1) is 0 Å². The van der Waals surface area contributed by atoms with Crippen molar-refractivity contribution in [1.29, 1.82) is 0 Å². The second-order valence-electron chi connectivity index (χ2n) is 4.25. The van der Waals surface area contributed by atoms with Crippen molar-refractivity contribution in [2.75, 3.05) is 6.54 Å². The lowest BCUT2D eigenvalue weighted by Crippen LogP contribution is -2.42. The molecule has 2 unspecified atom stereocenters. The SMILES string of the molecule is C=CCN1C(=S)N=NC1C(C)Oc1cc(Cl)ccc1Cl. The third-order valence-electron chi connectivity index (χ3n) is 2.78. The van der Waals surface area contributed by atoms with Gasteiger partial charge in [0, 0.05) is 17.6 Å². The monoisotopic (exact) mass is 329 g/mol. The van der Waals surface area contributed by atoms with Crippen LogP contribution in [0.2, 0.25) is 10.0 Å². The number of halogens is 2. The maximum Gasteiger partial charge on any atom is 0.218 e. The average molecular weight is 330 g/mol. The molecule has 2 rings (SSSR count). The average Bonchev–Trinajstić information content (AvgIpc) is 2.76.